The van der Waals surface area contributed by atoms with E-state index in [1.165, 1.54) is 19.3 Å². The molecule has 1 heterocycles. The van der Waals surface area contributed by atoms with Crippen LogP contribution in [0.15, 0.2) is 16.7 Å². The van der Waals surface area contributed by atoms with Gasteiger partial charge in [-0.2, -0.15) is 0 Å². The van der Waals surface area contributed by atoms with E-state index in [0.29, 0.717) is 5.56 Å². The molecule has 0 saturated heterocycles. The Morgan fingerprint density at radius 1 is 1.47 bits per heavy atom. The second-order valence-corrected chi connectivity index (χ2v) is 6.36. The lowest BCUT2D eigenvalue weighted by molar-refractivity contribution is 0.0921. The van der Waals surface area contributed by atoms with Gasteiger partial charge in [0.25, 0.3) is 5.91 Å². The van der Waals surface area contributed by atoms with Crippen LogP contribution >= 0.6 is 27.5 Å². The Morgan fingerprint density at radius 2 is 2.16 bits per heavy atom. The van der Waals surface area contributed by atoms with Crippen LogP contribution < -0.4 is 5.32 Å². The molecule has 0 aromatic carbocycles. The number of carbonyl (C=O) groups excluding carboxylic acids is 1. The van der Waals surface area contributed by atoms with Crippen molar-refractivity contribution in [2.45, 2.75) is 45.1 Å². The monoisotopic (exact) mass is 344 g/mol. The number of rotatable bonds is 3. The first-order chi connectivity index (χ1) is 9.10. The van der Waals surface area contributed by atoms with Crippen molar-refractivity contribution in [1.82, 2.24) is 10.3 Å². The molecule has 1 aliphatic carbocycles. The molecule has 0 spiro atoms. The van der Waals surface area contributed by atoms with E-state index in [1.807, 2.05) is 0 Å². The second kappa shape index (κ2) is 6.71. The first-order valence-electron chi connectivity index (χ1n) is 6.72. The Balaban J connectivity index is 1.96. The third-order valence-electron chi connectivity index (χ3n) is 3.81. The van der Waals surface area contributed by atoms with Crippen molar-refractivity contribution in [1.29, 1.82) is 0 Å². The molecule has 1 saturated carbocycles. The molecule has 1 N–H and O–H groups in total. The minimum atomic E-state index is -0.126. The molecular weight excluding hydrogens is 328 g/mol. The van der Waals surface area contributed by atoms with Gasteiger partial charge in [0.05, 0.1) is 5.56 Å². The molecule has 19 heavy (non-hydrogen) atoms. The number of hydrogen-bond acceptors (Lipinski definition) is 2. The molecule has 1 fully saturated rings. The summed E-state index contributed by atoms with van der Waals surface area (Å²) in [5, 5.41) is 3.32. The molecule has 5 heteroatoms. The topological polar surface area (TPSA) is 42.0 Å². The summed E-state index contributed by atoms with van der Waals surface area (Å²) >= 11 is 9.27. The van der Waals surface area contributed by atoms with Crippen molar-refractivity contribution in [2.24, 2.45) is 5.92 Å². The molecule has 1 amide bonds. The van der Waals surface area contributed by atoms with Crippen LogP contribution in [0.25, 0.3) is 0 Å². The third kappa shape index (κ3) is 3.93. The minimum Gasteiger partial charge on any atom is -0.349 e. The number of nitrogens with zero attached hydrogens (tertiary/aromatic N) is 1. The van der Waals surface area contributed by atoms with E-state index in [2.05, 4.69) is 33.2 Å². The summed E-state index contributed by atoms with van der Waals surface area (Å²) < 4.78 is 0.761. The van der Waals surface area contributed by atoms with Gasteiger partial charge in [0.2, 0.25) is 0 Å². The summed E-state index contributed by atoms with van der Waals surface area (Å²) in [5.74, 6) is 0.697. The number of halogens is 2. The van der Waals surface area contributed by atoms with Gasteiger partial charge in [0, 0.05) is 16.7 Å². The summed E-state index contributed by atoms with van der Waals surface area (Å²) in [6.45, 7) is 2.23. The van der Waals surface area contributed by atoms with Crippen LogP contribution in [0, 0.1) is 5.92 Å². The highest BCUT2D eigenvalue weighted by atomic mass is 79.9. The van der Waals surface area contributed by atoms with Gasteiger partial charge in [0.1, 0.15) is 5.15 Å². The zero-order chi connectivity index (χ0) is 13.8. The quantitative estimate of drug-likeness (QED) is 0.834. The number of carbonyl (C=O) groups is 1. The average molecular weight is 346 g/mol. The van der Waals surface area contributed by atoms with Crippen LogP contribution in [0.5, 0.6) is 0 Å². The van der Waals surface area contributed by atoms with E-state index >= 15 is 0 Å². The Hall–Kier alpha value is -0.610. The molecule has 0 aliphatic heterocycles. The average Bonchev–Trinajstić information content (AvgIpc) is 2.42. The van der Waals surface area contributed by atoms with E-state index in [1.54, 1.807) is 12.3 Å². The first kappa shape index (κ1) is 14.8. The standard InChI is InChI=1S/C14H18BrClN2O/c1-2-9-3-5-11(6-4-9)18-14(19)12-7-10(15)8-17-13(12)16/h7-9,11H,2-6H2,1H3,(H,18,19). The summed E-state index contributed by atoms with van der Waals surface area (Å²) in [5.41, 5.74) is 0.439. The van der Waals surface area contributed by atoms with Gasteiger partial charge in [-0.05, 0) is 53.6 Å². The van der Waals surface area contributed by atoms with Crippen LogP contribution in [0.3, 0.4) is 0 Å². The van der Waals surface area contributed by atoms with E-state index in [4.69, 9.17) is 11.6 Å². The zero-order valence-electron chi connectivity index (χ0n) is 11.0. The molecule has 0 bridgehead atoms. The number of amides is 1. The largest absolute Gasteiger partial charge is 0.349 e. The molecule has 0 unspecified atom stereocenters. The van der Waals surface area contributed by atoms with Crippen LogP contribution in [0.1, 0.15) is 49.4 Å². The lowest BCUT2D eigenvalue weighted by atomic mass is 9.84. The number of aromatic nitrogens is 1. The maximum Gasteiger partial charge on any atom is 0.254 e. The van der Waals surface area contributed by atoms with Gasteiger partial charge < -0.3 is 5.32 Å². The Bertz CT molecular complexity index is 459. The third-order valence-corrected chi connectivity index (χ3v) is 4.54. The highest BCUT2D eigenvalue weighted by Gasteiger charge is 2.22. The van der Waals surface area contributed by atoms with Gasteiger partial charge in [-0.25, -0.2) is 4.98 Å². The van der Waals surface area contributed by atoms with Gasteiger partial charge in [-0.15, -0.1) is 0 Å². The highest BCUT2D eigenvalue weighted by Crippen LogP contribution is 2.27. The van der Waals surface area contributed by atoms with Crippen molar-refractivity contribution in [3.63, 3.8) is 0 Å². The Morgan fingerprint density at radius 3 is 2.79 bits per heavy atom. The summed E-state index contributed by atoms with van der Waals surface area (Å²) in [6.07, 6.45) is 7.35. The van der Waals surface area contributed by atoms with E-state index in [0.717, 1.165) is 23.2 Å². The Kier molecular flexibility index (Phi) is 5.22. The van der Waals surface area contributed by atoms with E-state index < -0.39 is 0 Å². The predicted molar refractivity (Wildman–Crippen MR) is 80.5 cm³/mol. The van der Waals surface area contributed by atoms with Crippen molar-refractivity contribution >= 4 is 33.4 Å². The maximum atomic E-state index is 12.2. The fourth-order valence-electron chi connectivity index (χ4n) is 2.56. The molecule has 2 rings (SSSR count). The van der Waals surface area contributed by atoms with Crippen molar-refractivity contribution < 1.29 is 4.79 Å². The molecule has 104 valence electrons. The van der Waals surface area contributed by atoms with E-state index in [-0.39, 0.29) is 17.1 Å². The maximum absolute atomic E-state index is 12.2. The van der Waals surface area contributed by atoms with Crippen LogP contribution in [0.2, 0.25) is 5.15 Å². The lowest BCUT2D eigenvalue weighted by Gasteiger charge is -2.28. The number of pyridine rings is 1. The van der Waals surface area contributed by atoms with Crippen LogP contribution in [0.4, 0.5) is 0 Å². The summed E-state index contributed by atoms with van der Waals surface area (Å²) in [7, 11) is 0. The van der Waals surface area contributed by atoms with Gasteiger partial charge in [-0.1, -0.05) is 24.9 Å². The highest BCUT2D eigenvalue weighted by molar-refractivity contribution is 9.10. The SMILES string of the molecule is CCC1CCC(NC(=O)c2cc(Br)cnc2Cl)CC1. The van der Waals surface area contributed by atoms with Crippen molar-refractivity contribution in [3.05, 3.63) is 27.5 Å². The molecule has 0 atom stereocenters. The lowest BCUT2D eigenvalue weighted by Crippen LogP contribution is -2.37. The zero-order valence-corrected chi connectivity index (χ0v) is 13.3. The molecule has 0 radical (unpaired) electrons. The number of hydrogen-bond donors (Lipinski definition) is 1. The number of nitrogens with one attached hydrogen (secondary N) is 1. The van der Waals surface area contributed by atoms with Gasteiger partial charge >= 0.3 is 0 Å². The fourth-order valence-corrected chi connectivity index (χ4v) is 3.08. The Labute approximate surface area is 127 Å². The fraction of sp³-hybridized carbons (Fsp3) is 0.571. The van der Waals surface area contributed by atoms with Crippen molar-refractivity contribution in [2.75, 3.05) is 0 Å². The molecule has 3 nitrogen and oxygen atoms in total. The molecule has 1 aromatic heterocycles. The predicted octanol–water partition coefficient (Wildman–Crippen LogP) is 4.20. The summed E-state index contributed by atoms with van der Waals surface area (Å²) in [4.78, 5) is 16.2. The summed E-state index contributed by atoms with van der Waals surface area (Å²) in [6, 6.07) is 1.98. The smallest absolute Gasteiger partial charge is 0.254 e. The first-order valence-corrected chi connectivity index (χ1v) is 7.89. The van der Waals surface area contributed by atoms with Crippen LogP contribution in [-0.4, -0.2) is 16.9 Å². The molecular formula is C14H18BrClN2O. The normalized spacial score (nSPS) is 23.1. The van der Waals surface area contributed by atoms with Gasteiger partial charge in [0.15, 0.2) is 0 Å². The van der Waals surface area contributed by atoms with Gasteiger partial charge in [-0.3, -0.25) is 4.79 Å². The van der Waals surface area contributed by atoms with Crippen molar-refractivity contribution in [3.8, 4) is 0 Å². The molecule has 1 aromatic rings. The minimum absolute atomic E-state index is 0.126. The van der Waals surface area contributed by atoms with E-state index in [9.17, 15) is 4.79 Å². The second-order valence-electron chi connectivity index (χ2n) is 5.09. The van der Waals surface area contributed by atoms with Crippen LogP contribution in [-0.2, 0) is 0 Å². The molecule has 1 aliphatic rings.